The maximum absolute atomic E-state index is 10.9. The maximum Gasteiger partial charge on any atom is 0.316 e. The van der Waals surface area contributed by atoms with Gasteiger partial charge >= 0.3 is 5.97 Å². The molecule has 1 heterocycles. The van der Waals surface area contributed by atoms with Gasteiger partial charge in [-0.3, -0.25) is 4.79 Å². The van der Waals surface area contributed by atoms with Gasteiger partial charge in [0.2, 0.25) is 0 Å². The van der Waals surface area contributed by atoms with E-state index in [4.69, 9.17) is 5.11 Å². The third-order valence-electron chi connectivity index (χ3n) is 1.88. The summed E-state index contributed by atoms with van der Waals surface area (Å²) < 4.78 is 1.07. The minimum Gasteiger partial charge on any atom is -0.480 e. The van der Waals surface area contributed by atoms with Crippen molar-refractivity contribution < 1.29 is 9.90 Å². The molecule has 0 saturated carbocycles. The first kappa shape index (κ1) is 13.1. The summed E-state index contributed by atoms with van der Waals surface area (Å²) >= 11 is 6.53. The van der Waals surface area contributed by atoms with E-state index < -0.39 is 5.97 Å². The molecular weight excluding hydrogens is 296 g/mol. The highest BCUT2D eigenvalue weighted by Gasteiger charge is 2.21. The van der Waals surface area contributed by atoms with E-state index in [-0.39, 0.29) is 11.2 Å². The quantitative estimate of drug-likeness (QED) is 0.897. The fraction of sp³-hybridized carbons (Fsp3) is 0.500. The summed E-state index contributed by atoms with van der Waals surface area (Å²) in [5.74, 6) is 0.215. The number of hydrogen-bond donors (Lipinski definition) is 1. The Morgan fingerprint density at radius 2 is 2.33 bits per heavy atom. The second-order valence-electron chi connectivity index (χ2n) is 3.55. The van der Waals surface area contributed by atoms with Crippen LogP contribution in [0.15, 0.2) is 15.9 Å². The van der Waals surface area contributed by atoms with Gasteiger partial charge in [-0.1, -0.05) is 13.8 Å². The highest BCUT2D eigenvalue weighted by atomic mass is 79.9. The molecule has 0 bridgehead atoms. The molecule has 84 valence electrons. The first-order valence-electron chi connectivity index (χ1n) is 4.58. The van der Waals surface area contributed by atoms with E-state index >= 15 is 0 Å². The Kier molecular flexibility index (Phi) is 5.15. The minimum absolute atomic E-state index is 0.163. The molecule has 0 fully saturated rings. The van der Waals surface area contributed by atoms with Crippen molar-refractivity contribution in [3.8, 4) is 0 Å². The lowest BCUT2D eigenvalue weighted by Gasteiger charge is -2.14. The zero-order valence-electron chi connectivity index (χ0n) is 8.57. The molecule has 0 spiro atoms. The van der Waals surface area contributed by atoms with Crippen LogP contribution < -0.4 is 0 Å². The molecule has 0 radical (unpaired) electrons. The summed E-state index contributed by atoms with van der Waals surface area (Å²) in [4.78, 5) is 12.1. The standard InChI is InChI=1S/C10H13BrO2S2/c1-6(2)9(10(12)13)15-5-8-3-7(11)4-14-8/h3-4,6,9H,5H2,1-2H3,(H,12,13). The molecular formula is C10H13BrO2S2. The fourth-order valence-electron chi connectivity index (χ4n) is 1.15. The Morgan fingerprint density at radius 3 is 2.73 bits per heavy atom. The van der Waals surface area contributed by atoms with Crippen LogP contribution in [-0.2, 0) is 10.5 Å². The number of thioether (sulfide) groups is 1. The molecule has 1 N–H and O–H groups in total. The van der Waals surface area contributed by atoms with Gasteiger partial charge in [0.25, 0.3) is 0 Å². The van der Waals surface area contributed by atoms with Crippen molar-refractivity contribution in [1.29, 1.82) is 0 Å². The molecule has 5 heteroatoms. The highest BCUT2D eigenvalue weighted by Crippen LogP contribution is 2.28. The number of rotatable bonds is 5. The summed E-state index contributed by atoms with van der Waals surface area (Å²) in [7, 11) is 0. The van der Waals surface area contributed by atoms with Crippen molar-refractivity contribution in [2.75, 3.05) is 0 Å². The van der Waals surface area contributed by atoms with Gasteiger partial charge in [0, 0.05) is 20.5 Å². The highest BCUT2D eigenvalue weighted by molar-refractivity contribution is 9.10. The van der Waals surface area contributed by atoms with Gasteiger partial charge in [0.1, 0.15) is 5.25 Å². The van der Waals surface area contributed by atoms with Crippen LogP contribution in [-0.4, -0.2) is 16.3 Å². The molecule has 0 saturated heterocycles. The fourth-order valence-corrected chi connectivity index (χ4v) is 3.82. The number of halogens is 1. The van der Waals surface area contributed by atoms with Gasteiger partial charge in [-0.05, 0) is 27.9 Å². The second kappa shape index (κ2) is 5.92. The average Bonchev–Trinajstić information content (AvgIpc) is 2.50. The van der Waals surface area contributed by atoms with Crippen molar-refractivity contribution in [2.45, 2.75) is 24.9 Å². The van der Waals surface area contributed by atoms with E-state index in [9.17, 15) is 4.79 Å². The Balaban J connectivity index is 2.50. The molecule has 1 unspecified atom stereocenters. The second-order valence-corrected chi connectivity index (χ2v) is 6.59. The predicted octanol–water partition coefficient (Wildman–Crippen LogP) is 3.85. The summed E-state index contributed by atoms with van der Waals surface area (Å²) in [6.07, 6.45) is 0. The van der Waals surface area contributed by atoms with Gasteiger partial charge in [-0.15, -0.1) is 23.1 Å². The zero-order valence-corrected chi connectivity index (χ0v) is 11.8. The molecule has 1 rings (SSSR count). The SMILES string of the molecule is CC(C)C(SCc1cc(Br)cs1)C(=O)O. The number of aliphatic carboxylic acids is 1. The number of carboxylic acids is 1. The summed E-state index contributed by atoms with van der Waals surface area (Å²) in [5.41, 5.74) is 0. The van der Waals surface area contributed by atoms with Crippen LogP contribution in [0.1, 0.15) is 18.7 Å². The maximum atomic E-state index is 10.9. The number of carbonyl (C=O) groups is 1. The summed E-state index contributed by atoms with van der Waals surface area (Å²) in [5, 5.41) is 10.7. The lowest BCUT2D eigenvalue weighted by atomic mass is 10.1. The third kappa shape index (κ3) is 4.17. The summed E-state index contributed by atoms with van der Waals surface area (Å²) in [6, 6.07) is 2.04. The van der Waals surface area contributed by atoms with Crippen LogP contribution in [0.4, 0.5) is 0 Å². The molecule has 0 aromatic carbocycles. The molecule has 1 aromatic heterocycles. The topological polar surface area (TPSA) is 37.3 Å². The van der Waals surface area contributed by atoms with Crippen LogP contribution in [0, 0.1) is 5.92 Å². The summed E-state index contributed by atoms with van der Waals surface area (Å²) in [6.45, 7) is 3.88. The van der Waals surface area contributed by atoms with Gasteiger partial charge in [0.15, 0.2) is 0 Å². The number of hydrogen-bond acceptors (Lipinski definition) is 3. The predicted molar refractivity (Wildman–Crippen MR) is 69.6 cm³/mol. The monoisotopic (exact) mass is 308 g/mol. The lowest BCUT2D eigenvalue weighted by molar-refractivity contribution is -0.137. The van der Waals surface area contributed by atoms with Crippen LogP contribution in [0.2, 0.25) is 0 Å². The van der Waals surface area contributed by atoms with Crippen molar-refractivity contribution in [3.05, 3.63) is 20.8 Å². The molecule has 0 aliphatic carbocycles. The Bertz CT molecular complexity index is 336. The van der Waals surface area contributed by atoms with Crippen LogP contribution in [0.25, 0.3) is 0 Å². The molecule has 2 nitrogen and oxygen atoms in total. The largest absolute Gasteiger partial charge is 0.480 e. The normalized spacial score (nSPS) is 13.1. The van der Waals surface area contributed by atoms with Gasteiger partial charge in [0.05, 0.1) is 0 Å². The molecule has 15 heavy (non-hydrogen) atoms. The molecule has 0 aliphatic heterocycles. The van der Waals surface area contributed by atoms with E-state index in [1.807, 2.05) is 25.3 Å². The number of carboxylic acid groups (broad SMARTS) is 1. The Labute approximate surface area is 106 Å². The first-order chi connectivity index (χ1) is 7.00. The average molecular weight is 309 g/mol. The van der Waals surface area contributed by atoms with Crippen molar-refractivity contribution >= 4 is 45.0 Å². The molecule has 1 atom stereocenters. The van der Waals surface area contributed by atoms with Gasteiger partial charge < -0.3 is 5.11 Å². The van der Waals surface area contributed by atoms with Crippen molar-refractivity contribution in [1.82, 2.24) is 0 Å². The molecule has 0 aliphatic rings. The van der Waals surface area contributed by atoms with Crippen molar-refractivity contribution in [3.63, 3.8) is 0 Å². The van der Waals surface area contributed by atoms with Crippen LogP contribution >= 0.6 is 39.0 Å². The smallest absolute Gasteiger partial charge is 0.316 e. The third-order valence-corrected chi connectivity index (χ3v) is 5.34. The zero-order chi connectivity index (χ0) is 11.4. The van der Waals surface area contributed by atoms with Crippen LogP contribution in [0.3, 0.4) is 0 Å². The Morgan fingerprint density at radius 1 is 1.67 bits per heavy atom. The first-order valence-corrected chi connectivity index (χ1v) is 7.30. The van der Waals surface area contributed by atoms with Gasteiger partial charge in [-0.2, -0.15) is 0 Å². The van der Waals surface area contributed by atoms with Gasteiger partial charge in [-0.25, -0.2) is 0 Å². The number of thiophene rings is 1. The van der Waals surface area contributed by atoms with E-state index in [1.54, 1.807) is 11.3 Å². The van der Waals surface area contributed by atoms with Crippen molar-refractivity contribution in [2.24, 2.45) is 5.92 Å². The van der Waals surface area contributed by atoms with E-state index in [1.165, 1.54) is 16.6 Å². The molecule has 0 amide bonds. The van der Waals surface area contributed by atoms with E-state index in [0.717, 1.165) is 10.2 Å². The van der Waals surface area contributed by atoms with Crippen LogP contribution in [0.5, 0.6) is 0 Å². The Hall–Kier alpha value is -0.000000000000000111. The lowest BCUT2D eigenvalue weighted by Crippen LogP contribution is -2.22. The molecule has 1 aromatic rings. The van der Waals surface area contributed by atoms with E-state index in [2.05, 4.69) is 15.9 Å². The minimum atomic E-state index is -0.717. The van der Waals surface area contributed by atoms with E-state index in [0.29, 0.717) is 0 Å².